The highest BCUT2D eigenvalue weighted by Crippen LogP contribution is 2.23. The van der Waals surface area contributed by atoms with Crippen LogP contribution in [0.15, 0.2) is 88.2 Å². The van der Waals surface area contributed by atoms with Crippen LogP contribution < -0.4 is 20.5 Å². The van der Waals surface area contributed by atoms with Crippen LogP contribution in [-0.2, 0) is 4.79 Å². The number of aromatic amines is 1. The average molecular weight is 403 g/mol. The molecule has 8 heteroatoms. The number of nitrogens with one attached hydrogen (secondary N) is 2. The molecule has 0 fully saturated rings. The standard InChI is InChI=1S/C22H17N3O5/c26-20(23-16-6-4-5-15(13-16)21-24-22(27)30-25-21)14-28-17-9-11-19(12-10-17)29-18-7-2-1-3-8-18/h1-13H,14H2,(H,23,26)(H,24,25,27). The predicted molar refractivity (Wildman–Crippen MR) is 110 cm³/mol. The quantitative estimate of drug-likeness (QED) is 0.486. The Labute approximate surface area is 171 Å². The zero-order valence-corrected chi connectivity index (χ0v) is 15.7. The SMILES string of the molecule is O=C(COc1ccc(Oc2ccccc2)cc1)Nc1cccc(-c2noc(=O)[nH]2)c1. The maximum absolute atomic E-state index is 12.2. The monoisotopic (exact) mass is 403 g/mol. The zero-order chi connectivity index (χ0) is 20.8. The first kappa shape index (κ1) is 19.0. The lowest BCUT2D eigenvalue weighted by Crippen LogP contribution is -2.20. The summed E-state index contributed by atoms with van der Waals surface area (Å²) in [5.74, 6) is 1.26. The molecule has 150 valence electrons. The van der Waals surface area contributed by atoms with E-state index in [4.69, 9.17) is 9.47 Å². The molecule has 4 rings (SSSR count). The minimum atomic E-state index is -0.645. The van der Waals surface area contributed by atoms with Crippen molar-refractivity contribution in [1.82, 2.24) is 10.1 Å². The van der Waals surface area contributed by atoms with Crippen molar-refractivity contribution in [1.29, 1.82) is 0 Å². The predicted octanol–water partition coefficient (Wildman–Crippen LogP) is 3.84. The molecule has 30 heavy (non-hydrogen) atoms. The van der Waals surface area contributed by atoms with Gasteiger partial charge in [-0.1, -0.05) is 35.5 Å². The summed E-state index contributed by atoms with van der Waals surface area (Å²) >= 11 is 0. The highest BCUT2D eigenvalue weighted by atomic mass is 16.5. The Bertz CT molecular complexity index is 1180. The minimum Gasteiger partial charge on any atom is -0.484 e. The van der Waals surface area contributed by atoms with Crippen molar-refractivity contribution in [3.05, 3.63) is 89.4 Å². The van der Waals surface area contributed by atoms with Crippen molar-refractivity contribution in [2.75, 3.05) is 11.9 Å². The van der Waals surface area contributed by atoms with Crippen LogP contribution in [0.5, 0.6) is 17.2 Å². The summed E-state index contributed by atoms with van der Waals surface area (Å²) in [5.41, 5.74) is 1.14. The summed E-state index contributed by atoms with van der Waals surface area (Å²) in [5, 5.41) is 6.36. The Morgan fingerprint density at radius 2 is 1.67 bits per heavy atom. The molecular formula is C22H17N3O5. The molecule has 0 saturated heterocycles. The second-order valence-corrected chi connectivity index (χ2v) is 6.25. The summed E-state index contributed by atoms with van der Waals surface area (Å²) in [4.78, 5) is 25.7. The summed E-state index contributed by atoms with van der Waals surface area (Å²) in [6, 6.07) is 23.3. The van der Waals surface area contributed by atoms with E-state index in [0.717, 1.165) is 5.75 Å². The molecule has 1 aromatic heterocycles. The molecule has 0 aliphatic rings. The van der Waals surface area contributed by atoms with Gasteiger partial charge in [-0.25, -0.2) is 4.79 Å². The van der Waals surface area contributed by atoms with Crippen molar-refractivity contribution in [3.63, 3.8) is 0 Å². The van der Waals surface area contributed by atoms with Crippen LogP contribution in [-0.4, -0.2) is 22.7 Å². The van der Waals surface area contributed by atoms with Crippen molar-refractivity contribution < 1.29 is 18.8 Å². The van der Waals surface area contributed by atoms with Crippen LogP contribution in [0.2, 0.25) is 0 Å². The molecule has 0 atom stereocenters. The van der Waals surface area contributed by atoms with Crippen LogP contribution in [0.25, 0.3) is 11.4 Å². The van der Waals surface area contributed by atoms with Gasteiger partial charge in [0, 0.05) is 11.3 Å². The number of aromatic nitrogens is 2. The Balaban J connectivity index is 1.31. The number of carbonyl (C=O) groups excluding carboxylic acids is 1. The fraction of sp³-hybridized carbons (Fsp3) is 0.0455. The second-order valence-electron chi connectivity index (χ2n) is 6.25. The smallest absolute Gasteiger partial charge is 0.439 e. The molecule has 0 radical (unpaired) electrons. The number of rotatable bonds is 7. The van der Waals surface area contributed by atoms with Crippen molar-refractivity contribution in [2.45, 2.75) is 0 Å². The largest absolute Gasteiger partial charge is 0.484 e. The number of ether oxygens (including phenoxy) is 2. The molecule has 0 aliphatic heterocycles. The molecular weight excluding hydrogens is 386 g/mol. The number of carbonyl (C=O) groups is 1. The summed E-state index contributed by atoms with van der Waals surface area (Å²) < 4.78 is 15.7. The number of para-hydroxylation sites is 1. The molecule has 0 spiro atoms. The molecule has 0 saturated carbocycles. The van der Waals surface area contributed by atoms with E-state index in [1.165, 1.54) is 0 Å². The number of hydrogen-bond donors (Lipinski definition) is 2. The number of nitrogens with zero attached hydrogens (tertiary/aromatic N) is 1. The topological polar surface area (TPSA) is 106 Å². The second kappa shape index (κ2) is 8.78. The number of amides is 1. The third-order valence-corrected chi connectivity index (χ3v) is 4.03. The highest BCUT2D eigenvalue weighted by Gasteiger charge is 2.08. The molecule has 4 aromatic rings. The first-order valence-corrected chi connectivity index (χ1v) is 9.08. The van der Waals surface area contributed by atoms with Gasteiger partial charge in [0.2, 0.25) is 0 Å². The van der Waals surface area contributed by atoms with Gasteiger partial charge in [0.1, 0.15) is 17.2 Å². The minimum absolute atomic E-state index is 0.163. The third-order valence-electron chi connectivity index (χ3n) is 4.03. The van der Waals surface area contributed by atoms with E-state index < -0.39 is 5.76 Å². The zero-order valence-electron chi connectivity index (χ0n) is 15.7. The lowest BCUT2D eigenvalue weighted by atomic mass is 10.2. The molecule has 0 bridgehead atoms. The number of benzene rings is 3. The van der Waals surface area contributed by atoms with Gasteiger partial charge in [-0.3, -0.25) is 14.3 Å². The van der Waals surface area contributed by atoms with E-state index in [1.807, 2.05) is 30.3 Å². The Morgan fingerprint density at radius 1 is 0.933 bits per heavy atom. The highest BCUT2D eigenvalue weighted by molar-refractivity contribution is 5.92. The van der Waals surface area contributed by atoms with E-state index >= 15 is 0 Å². The fourth-order valence-corrected chi connectivity index (χ4v) is 2.67. The first-order chi connectivity index (χ1) is 14.7. The van der Waals surface area contributed by atoms with E-state index in [-0.39, 0.29) is 18.3 Å². The summed E-state index contributed by atoms with van der Waals surface area (Å²) in [7, 11) is 0. The number of H-pyrrole nitrogens is 1. The molecule has 0 unspecified atom stereocenters. The van der Waals surface area contributed by atoms with Crippen LogP contribution >= 0.6 is 0 Å². The van der Waals surface area contributed by atoms with Gasteiger partial charge in [-0.05, 0) is 48.5 Å². The van der Waals surface area contributed by atoms with Gasteiger partial charge < -0.3 is 14.8 Å². The Hall–Kier alpha value is -4.33. The van der Waals surface area contributed by atoms with E-state index in [9.17, 15) is 9.59 Å². The van der Waals surface area contributed by atoms with Gasteiger partial charge in [0.25, 0.3) is 5.91 Å². The van der Waals surface area contributed by atoms with Gasteiger partial charge in [-0.2, -0.15) is 0 Å². The maximum atomic E-state index is 12.2. The summed E-state index contributed by atoms with van der Waals surface area (Å²) in [6.45, 7) is -0.163. The van der Waals surface area contributed by atoms with Crippen LogP contribution in [0, 0.1) is 0 Å². The van der Waals surface area contributed by atoms with Crippen LogP contribution in [0.1, 0.15) is 0 Å². The van der Waals surface area contributed by atoms with Crippen molar-refractivity contribution in [2.24, 2.45) is 0 Å². The van der Waals surface area contributed by atoms with E-state index in [1.54, 1.807) is 48.5 Å². The molecule has 0 aliphatic carbocycles. The van der Waals surface area contributed by atoms with Crippen molar-refractivity contribution >= 4 is 11.6 Å². The third kappa shape index (κ3) is 4.93. The Kier molecular flexibility index (Phi) is 5.56. The van der Waals surface area contributed by atoms with Crippen molar-refractivity contribution in [3.8, 4) is 28.6 Å². The van der Waals surface area contributed by atoms with Gasteiger partial charge in [-0.15, -0.1) is 0 Å². The molecule has 2 N–H and O–H groups in total. The average Bonchev–Trinajstić information content (AvgIpc) is 3.21. The van der Waals surface area contributed by atoms with Gasteiger partial charge in [0.05, 0.1) is 0 Å². The van der Waals surface area contributed by atoms with Crippen LogP contribution in [0.4, 0.5) is 5.69 Å². The molecule has 8 nitrogen and oxygen atoms in total. The van der Waals surface area contributed by atoms with Gasteiger partial charge in [0.15, 0.2) is 12.4 Å². The Morgan fingerprint density at radius 3 is 2.40 bits per heavy atom. The summed E-state index contributed by atoms with van der Waals surface area (Å²) in [6.07, 6.45) is 0. The van der Waals surface area contributed by atoms with Gasteiger partial charge >= 0.3 is 5.76 Å². The normalized spacial score (nSPS) is 10.4. The van der Waals surface area contributed by atoms with Crippen LogP contribution in [0.3, 0.4) is 0 Å². The molecule has 1 heterocycles. The molecule has 1 amide bonds. The maximum Gasteiger partial charge on any atom is 0.439 e. The van der Waals surface area contributed by atoms with E-state index in [2.05, 4.69) is 20.0 Å². The molecule has 3 aromatic carbocycles. The fourth-order valence-electron chi connectivity index (χ4n) is 2.67. The van der Waals surface area contributed by atoms with E-state index in [0.29, 0.717) is 22.7 Å². The first-order valence-electron chi connectivity index (χ1n) is 9.08. The lowest BCUT2D eigenvalue weighted by molar-refractivity contribution is -0.118. The number of anilines is 1. The lowest BCUT2D eigenvalue weighted by Gasteiger charge is -2.09. The number of hydrogen-bond acceptors (Lipinski definition) is 6.